The lowest BCUT2D eigenvalue weighted by Gasteiger charge is -2.12. The van der Waals surface area contributed by atoms with Crippen molar-refractivity contribution in [3.05, 3.63) is 74.7 Å². The highest BCUT2D eigenvalue weighted by molar-refractivity contribution is 9.11. The van der Waals surface area contributed by atoms with Crippen molar-refractivity contribution >= 4 is 54.5 Å². The topological polar surface area (TPSA) is 69.0 Å². The Labute approximate surface area is 190 Å². The highest BCUT2D eigenvalue weighted by atomic mass is 79.9. The minimum Gasteiger partial charge on any atom is -0.482 e. The molecule has 0 aliphatic rings. The number of amides is 1. The number of carbonyl (C=O) groups excluding carboxylic acids is 1. The van der Waals surface area contributed by atoms with Crippen LogP contribution in [0.4, 0.5) is 5.69 Å². The molecule has 0 unspecified atom stereocenters. The Hall–Kier alpha value is -2.71. The predicted molar refractivity (Wildman–Crippen MR) is 124 cm³/mol. The molecule has 4 rings (SSSR count). The van der Waals surface area contributed by atoms with E-state index in [0.717, 1.165) is 31.3 Å². The first-order valence-electron chi connectivity index (χ1n) is 9.22. The summed E-state index contributed by atoms with van der Waals surface area (Å²) in [5.41, 5.74) is 4.85. The van der Waals surface area contributed by atoms with Gasteiger partial charge in [-0.1, -0.05) is 34.1 Å². The normalized spacial score (nSPS) is 10.9. The molecule has 0 bridgehead atoms. The number of aromatic nitrogens is 3. The van der Waals surface area contributed by atoms with Crippen LogP contribution in [0.3, 0.4) is 0 Å². The van der Waals surface area contributed by atoms with Crippen molar-refractivity contribution in [1.82, 2.24) is 15.0 Å². The average molecular weight is 530 g/mol. The van der Waals surface area contributed by atoms with E-state index < -0.39 is 0 Å². The van der Waals surface area contributed by atoms with E-state index in [9.17, 15) is 4.79 Å². The second-order valence-electron chi connectivity index (χ2n) is 6.85. The van der Waals surface area contributed by atoms with Gasteiger partial charge in [-0.05, 0) is 77.3 Å². The second kappa shape index (κ2) is 8.57. The van der Waals surface area contributed by atoms with Gasteiger partial charge in [0.05, 0.1) is 10.2 Å². The zero-order valence-electron chi connectivity index (χ0n) is 16.3. The molecule has 0 spiro atoms. The Kier molecular flexibility index (Phi) is 5.87. The van der Waals surface area contributed by atoms with Crippen LogP contribution in [0.1, 0.15) is 11.1 Å². The number of nitrogens with one attached hydrogen (secondary N) is 1. The van der Waals surface area contributed by atoms with E-state index in [1.165, 1.54) is 0 Å². The Bertz CT molecular complexity index is 1220. The summed E-state index contributed by atoms with van der Waals surface area (Å²) < 4.78 is 7.46. The number of halogens is 2. The molecule has 0 fully saturated rings. The van der Waals surface area contributed by atoms with Crippen molar-refractivity contribution in [2.24, 2.45) is 0 Å². The minimum atomic E-state index is -0.248. The van der Waals surface area contributed by atoms with Gasteiger partial charge < -0.3 is 10.1 Å². The number of carbonyl (C=O) groups is 1. The number of rotatable bonds is 5. The smallest absolute Gasteiger partial charge is 0.262 e. The van der Waals surface area contributed by atoms with Crippen LogP contribution < -0.4 is 10.1 Å². The summed E-state index contributed by atoms with van der Waals surface area (Å²) in [5.74, 6) is 0.397. The molecule has 1 heterocycles. The number of hydrogen-bond donors (Lipinski definition) is 1. The third-order valence-electron chi connectivity index (χ3n) is 4.53. The number of ether oxygens (including phenoxy) is 1. The SMILES string of the molecule is Cc1cc2nn(-c3ccccc3)nc2cc1NC(=O)COc1c(C)cc(Br)cc1Br. The predicted octanol–water partition coefficient (Wildman–Crippen LogP) is 5.58. The number of para-hydroxylation sites is 1. The van der Waals surface area contributed by atoms with E-state index in [4.69, 9.17) is 4.74 Å². The highest BCUT2D eigenvalue weighted by Gasteiger charge is 2.13. The first kappa shape index (κ1) is 20.6. The number of fused-ring (bicyclic) bond motifs is 1. The maximum Gasteiger partial charge on any atom is 0.262 e. The van der Waals surface area contributed by atoms with Crippen LogP contribution in [0.25, 0.3) is 16.7 Å². The maximum atomic E-state index is 12.5. The maximum absolute atomic E-state index is 12.5. The lowest BCUT2D eigenvalue weighted by molar-refractivity contribution is -0.118. The summed E-state index contributed by atoms with van der Waals surface area (Å²) in [6.45, 7) is 3.75. The zero-order chi connectivity index (χ0) is 21.3. The molecule has 3 aromatic carbocycles. The van der Waals surface area contributed by atoms with Gasteiger partial charge in [-0.15, -0.1) is 10.2 Å². The molecule has 0 saturated heterocycles. The van der Waals surface area contributed by atoms with Crippen LogP contribution >= 0.6 is 31.9 Å². The molecular weight excluding hydrogens is 512 g/mol. The molecule has 30 heavy (non-hydrogen) atoms. The van der Waals surface area contributed by atoms with Crippen LogP contribution in [0.15, 0.2) is 63.5 Å². The molecule has 6 nitrogen and oxygen atoms in total. The fourth-order valence-electron chi connectivity index (χ4n) is 3.08. The van der Waals surface area contributed by atoms with Gasteiger partial charge in [0.1, 0.15) is 16.8 Å². The lowest BCUT2D eigenvalue weighted by Crippen LogP contribution is -2.21. The van der Waals surface area contributed by atoms with Gasteiger partial charge in [-0.3, -0.25) is 4.79 Å². The van der Waals surface area contributed by atoms with Gasteiger partial charge in [0.2, 0.25) is 0 Å². The van der Waals surface area contributed by atoms with Crippen molar-refractivity contribution in [2.75, 3.05) is 11.9 Å². The Morgan fingerprint density at radius 3 is 2.40 bits per heavy atom. The van der Waals surface area contributed by atoms with E-state index in [0.29, 0.717) is 17.0 Å². The molecule has 0 radical (unpaired) electrons. The van der Waals surface area contributed by atoms with E-state index in [1.807, 2.05) is 68.4 Å². The molecular formula is C22H18Br2N4O2. The molecule has 0 saturated carbocycles. The molecule has 1 aromatic heterocycles. The van der Waals surface area contributed by atoms with Crippen molar-refractivity contribution in [3.63, 3.8) is 0 Å². The fourth-order valence-corrected chi connectivity index (χ4v) is 4.63. The van der Waals surface area contributed by atoms with Crippen LogP contribution in [-0.4, -0.2) is 27.5 Å². The average Bonchev–Trinajstić information content (AvgIpc) is 3.11. The first-order chi connectivity index (χ1) is 14.4. The molecule has 1 N–H and O–H groups in total. The number of nitrogens with zero attached hydrogens (tertiary/aromatic N) is 3. The van der Waals surface area contributed by atoms with Gasteiger partial charge in [-0.25, -0.2) is 0 Å². The summed E-state index contributed by atoms with van der Waals surface area (Å²) in [5, 5.41) is 12.0. The number of hydrogen-bond acceptors (Lipinski definition) is 4. The van der Waals surface area contributed by atoms with Crippen LogP contribution in [-0.2, 0) is 4.79 Å². The van der Waals surface area contributed by atoms with Crippen molar-refractivity contribution in [1.29, 1.82) is 0 Å². The molecule has 8 heteroatoms. The highest BCUT2D eigenvalue weighted by Crippen LogP contribution is 2.32. The number of benzene rings is 3. The largest absolute Gasteiger partial charge is 0.482 e. The summed E-state index contributed by atoms with van der Waals surface area (Å²) >= 11 is 6.91. The summed E-state index contributed by atoms with van der Waals surface area (Å²) in [6.07, 6.45) is 0. The lowest BCUT2D eigenvalue weighted by atomic mass is 10.1. The number of aryl methyl sites for hydroxylation is 2. The van der Waals surface area contributed by atoms with Crippen molar-refractivity contribution in [3.8, 4) is 11.4 Å². The summed E-state index contributed by atoms with van der Waals surface area (Å²) in [4.78, 5) is 14.1. The van der Waals surface area contributed by atoms with Crippen LogP contribution in [0.5, 0.6) is 5.75 Å². The van der Waals surface area contributed by atoms with E-state index in [1.54, 1.807) is 4.80 Å². The van der Waals surface area contributed by atoms with E-state index >= 15 is 0 Å². The molecule has 0 aliphatic carbocycles. The Balaban J connectivity index is 1.51. The van der Waals surface area contributed by atoms with Gasteiger partial charge in [-0.2, -0.15) is 4.80 Å². The van der Waals surface area contributed by atoms with Gasteiger partial charge in [0.25, 0.3) is 5.91 Å². The Morgan fingerprint density at radius 1 is 1.00 bits per heavy atom. The standard InChI is InChI=1S/C22H18Br2N4O2/c1-13-9-19-20(27-28(26-19)16-6-4-3-5-7-16)11-18(13)25-21(29)12-30-22-14(2)8-15(23)10-17(22)24/h3-11H,12H2,1-2H3,(H,25,29). The number of anilines is 1. The third kappa shape index (κ3) is 4.39. The molecule has 152 valence electrons. The van der Waals surface area contributed by atoms with E-state index in [-0.39, 0.29) is 12.5 Å². The fraction of sp³-hybridized carbons (Fsp3) is 0.136. The van der Waals surface area contributed by atoms with Crippen molar-refractivity contribution < 1.29 is 9.53 Å². The van der Waals surface area contributed by atoms with Crippen LogP contribution in [0.2, 0.25) is 0 Å². The molecule has 0 atom stereocenters. The van der Waals surface area contributed by atoms with E-state index in [2.05, 4.69) is 47.4 Å². The van der Waals surface area contributed by atoms with Gasteiger partial charge in [0, 0.05) is 10.2 Å². The molecule has 1 amide bonds. The van der Waals surface area contributed by atoms with Crippen LogP contribution in [0, 0.1) is 13.8 Å². The zero-order valence-corrected chi connectivity index (χ0v) is 19.5. The Morgan fingerprint density at radius 2 is 1.70 bits per heavy atom. The van der Waals surface area contributed by atoms with Gasteiger partial charge in [0.15, 0.2) is 6.61 Å². The second-order valence-corrected chi connectivity index (χ2v) is 8.62. The summed E-state index contributed by atoms with van der Waals surface area (Å²) in [6, 6.07) is 17.3. The monoisotopic (exact) mass is 528 g/mol. The van der Waals surface area contributed by atoms with Gasteiger partial charge >= 0.3 is 0 Å². The molecule has 4 aromatic rings. The summed E-state index contributed by atoms with van der Waals surface area (Å²) in [7, 11) is 0. The molecule has 0 aliphatic heterocycles. The van der Waals surface area contributed by atoms with Crippen molar-refractivity contribution in [2.45, 2.75) is 13.8 Å². The third-order valence-corrected chi connectivity index (χ3v) is 5.58. The first-order valence-corrected chi connectivity index (χ1v) is 10.8. The minimum absolute atomic E-state index is 0.102. The quantitative estimate of drug-likeness (QED) is 0.366.